The molecule has 2 aromatic heterocycles. The lowest BCUT2D eigenvalue weighted by molar-refractivity contribution is -0.132. The zero-order chi connectivity index (χ0) is 25.6. The van der Waals surface area contributed by atoms with Crippen molar-refractivity contribution in [1.82, 2.24) is 9.97 Å². The van der Waals surface area contributed by atoms with Crippen LogP contribution in [0.5, 0.6) is 5.75 Å². The molecule has 0 aliphatic carbocycles. The van der Waals surface area contributed by atoms with Crippen LogP contribution in [0.3, 0.4) is 0 Å². The lowest BCUT2D eigenvalue weighted by atomic mass is 9.85. The van der Waals surface area contributed by atoms with Gasteiger partial charge in [-0.25, -0.2) is 4.98 Å². The van der Waals surface area contributed by atoms with Crippen LogP contribution in [0.15, 0.2) is 72.6 Å². The van der Waals surface area contributed by atoms with Gasteiger partial charge in [0.15, 0.2) is 5.13 Å². The summed E-state index contributed by atoms with van der Waals surface area (Å²) in [4.78, 5) is 37.1. The minimum atomic E-state index is -0.901. The van der Waals surface area contributed by atoms with E-state index in [4.69, 9.17) is 4.74 Å². The van der Waals surface area contributed by atoms with Gasteiger partial charge >= 0.3 is 5.91 Å². The van der Waals surface area contributed by atoms with Gasteiger partial charge in [0, 0.05) is 12.4 Å². The lowest BCUT2D eigenvalue weighted by Gasteiger charge is -2.24. The molecule has 3 heterocycles. The Hall–Kier alpha value is -4.04. The summed E-state index contributed by atoms with van der Waals surface area (Å²) in [5, 5.41) is 12.0. The first-order valence-corrected chi connectivity index (χ1v) is 12.3. The Balaban J connectivity index is 1.75. The van der Waals surface area contributed by atoms with Crippen LogP contribution in [0.4, 0.5) is 5.13 Å². The van der Waals surface area contributed by atoms with Crippen LogP contribution in [0.2, 0.25) is 0 Å². The summed E-state index contributed by atoms with van der Waals surface area (Å²) in [6.45, 7) is 6.17. The van der Waals surface area contributed by atoms with Crippen molar-refractivity contribution >= 4 is 44.1 Å². The van der Waals surface area contributed by atoms with E-state index < -0.39 is 17.7 Å². The number of Topliss-reactive ketones (excluding diaryl/α,β-unsaturated/α-hetero) is 1. The highest BCUT2D eigenvalue weighted by Crippen LogP contribution is 2.45. The van der Waals surface area contributed by atoms with Gasteiger partial charge in [-0.15, -0.1) is 0 Å². The predicted octanol–water partition coefficient (Wildman–Crippen LogP) is 5.62. The Kier molecular flexibility index (Phi) is 5.84. The molecule has 36 heavy (non-hydrogen) atoms. The number of ether oxygens (including phenoxy) is 1. The van der Waals surface area contributed by atoms with E-state index >= 15 is 0 Å². The van der Waals surface area contributed by atoms with Gasteiger partial charge in [0.2, 0.25) is 0 Å². The van der Waals surface area contributed by atoms with Crippen molar-refractivity contribution in [2.24, 2.45) is 0 Å². The van der Waals surface area contributed by atoms with Crippen molar-refractivity contribution in [3.05, 3.63) is 89.3 Å². The molecule has 1 fully saturated rings. The number of pyridine rings is 1. The fraction of sp³-hybridized carbons (Fsp3) is 0.214. The number of carbonyl (C=O) groups is 2. The van der Waals surface area contributed by atoms with E-state index in [0.29, 0.717) is 22.0 Å². The van der Waals surface area contributed by atoms with Crippen molar-refractivity contribution in [2.45, 2.75) is 32.2 Å². The van der Waals surface area contributed by atoms with E-state index in [1.54, 1.807) is 36.7 Å². The Labute approximate surface area is 212 Å². The average molecular weight is 500 g/mol. The molecule has 1 amide bonds. The lowest BCUT2D eigenvalue weighted by Crippen LogP contribution is -2.29. The molecule has 1 atom stereocenters. The summed E-state index contributed by atoms with van der Waals surface area (Å²) in [6, 6.07) is 15.6. The third kappa shape index (κ3) is 3.93. The van der Waals surface area contributed by atoms with Crippen LogP contribution in [0.1, 0.15) is 43.5 Å². The summed E-state index contributed by atoms with van der Waals surface area (Å²) < 4.78 is 6.41. The highest BCUT2D eigenvalue weighted by molar-refractivity contribution is 7.22. The molecule has 1 aliphatic heterocycles. The molecule has 1 aliphatic rings. The Morgan fingerprint density at radius 2 is 1.86 bits per heavy atom. The fourth-order valence-electron chi connectivity index (χ4n) is 4.35. The molecule has 0 spiro atoms. The number of amides is 1. The zero-order valence-electron chi connectivity index (χ0n) is 20.4. The number of ketones is 1. The van der Waals surface area contributed by atoms with Gasteiger partial charge in [0.25, 0.3) is 5.78 Å². The van der Waals surface area contributed by atoms with Gasteiger partial charge in [-0.2, -0.15) is 0 Å². The number of aliphatic hydroxyl groups excluding tert-OH is 1. The molecular weight excluding hydrogens is 474 g/mol. The van der Waals surface area contributed by atoms with E-state index in [0.717, 1.165) is 15.8 Å². The molecule has 2 aromatic carbocycles. The molecule has 0 bridgehead atoms. The third-order valence-corrected chi connectivity index (χ3v) is 7.29. The number of hydrogen-bond acceptors (Lipinski definition) is 7. The van der Waals surface area contributed by atoms with E-state index in [9.17, 15) is 14.7 Å². The molecule has 1 N–H and O–H groups in total. The number of nitrogens with zero attached hydrogens (tertiary/aromatic N) is 3. The Morgan fingerprint density at radius 3 is 2.53 bits per heavy atom. The highest BCUT2D eigenvalue weighted by atomic mass is 32.1. The number of hydrogen-bond donors (Lipinski definition) is 1. The SMILES string of the molecule is COc1ccc(C(C)(C)C)cc1/C(O)=C1\C(=O)C(=O)N(c2nc3ccccc3s2)C1c1cccnc1. The molecule has 1 saturated heterocycles. The number of thiazole rings is 1. The molecule has 0 saturated carbocycles. The second kappa shape index (κ2) is 8.87. The second-order valence-corrected chi connectivity index (χ2v) is 10.6. The number of carbonyl (C=O) groups excluding carboxylic acids is 2. The first-order chi connectivity index (χ1) is 17.2. The van der Waals surface area contributed by atoms with Crippen LogP contribution in [0.25, 0.3) is 16.0 Å². The minimum absolute atomic E-state index is 0.0309. The summed E-state index contributed by atoms with van der Waals surface area (Å²) in [5.41, 5.74) is 2.37. The molecule has 1 unspecified atom stereocenters. The number of aliphatic hydroxyl groups is 1. The maximum absolute atomic E-state index is 13.5. The van der Waals surface area contributed by atoms with E-state index in [1.165, 1.54) is 23.3 Å². The zero-order valence-corrected chi connectivity index (χ0v) is 21.2. The second-order valence-electron chi connectivity index (χ2n) is 9.58. The standard InChI is InChI=1S/C28H25N3O4S/c1-28(2,3)17-11-12-20(35-4)18(14-17)24(32)22-23(16-8-7-13-29-15-16)31(26(34)25(22)33)27-30-19-9-5-6-10-21(19)36-27/h5-15,23,32H,1-4H3/b24-22+. The largest absolute Gasteiger partial charge is 0.507 e. The molecule has 4 aromatic rings. The number of aromatic nitrogens is 2. The van der Waals surface area contributed by atoms with Crippen LogP contribution in [-0.2, 0) is 15.0 Å². The van der Waals surface area contributed by atoms with Crippen LogP contribution < -0.4 is 9.64 Å². The topological polar surface area (TPSA) is 92.6 Å². The van der Waals surface area contributed by atoms with Crippen molar-refractivity contribution in [3.63, 3.8) is 0 Å². The minimum Gasteiger partial charge on any atom is -0.507 e. The summed E-state index contributed by atoms with van der Waals surface area (Å²) in [5.74, 6) is -1.44. The van der Waals surface area contributed by atoms with E-state index in [-0.39, 0.29) is 16.7 Å². The maximum Gasteiger partial charge on any atom is 0.301 e. The van der Waals surface area contributed by atoms with Gasteiger partial charge < -0.3 is 9.84 Å². The number of para-hydroxylation sites is 1. The van der Waals surface area contributed by atoms with Crippen LogP contribution >= 0.6 is 11.3 Å². The van der Waals surface area contributed by atoms with Crippen LogP contribution in [-0.4, -0.2) is 33.9 Å². The number of benzene rings is 2. The highest BCUT2D eigenvalue weighted by Gasteiger charge is 2.48. The molecular formula is C28H25N3O4S. The van der Waals surface area contributed by atoms with Crippen molar-refractivity contribution in [1.29, 1.82) is 0 Å². The first-order valence-electron chi connectivity index (χ1n) is 11.5. The normalized spacial score (nSPS) is 17.7. The van der Waals surface area contributed by atoms with Gasteiger partial charge in [-0.1, -0.05) is 56.4 Å². The monoisotopic (exact) mass is 499 g/mol. The van der Waals surface area contributed by atoms with Gasteiger partial charge in [-0.3, -0.25) is 19.5 Å². The van der Waals surface area contributed by atoms with Crippen molar-refractivity contribution in [2.75, 3.05) is 12.0 Å². The molecule has 182 valence electrons. The molecule has 8 heteroatoms. The molecule has 7 nitrogen and oxygen atoms in total. The van der Waals surface area contributed by atoms with E-state index in [2.05, 4.69) is 30.7 Å². The van der Waals surface area contributed by atoms with E-state index in [1.807, 2.05) is 30.3 Å². The number of anilines is 1. The smallest absolute Gasteiger partial charge is 0.301 e. The number of rotatable bonds is 4. The Bertz CT molecular complexity index is 1490. The van der Waals surface area contributed by atoms with Crippen LogP contribution in [0, 0.1) is 0 Å². The fourth-order valence-corrected chi connectivity index (χ4v) is 5.34. The maximum atomic E-state index is 13.5. The average Bonchev–Trinajstić information content (AvgIpc) is 3.41. The van der Waals surface area contributed by atoms with Crippen molar-refractivity contribution < 1.29 is 19.4 Å². The number of fused-ring (bicyclic) bond motifs is 1. The summed E-state index contributed by atoms with van der Waals surface area (Å²) in [7, 11) is 1.50. The van der Waals surface area contributed by atoms with Gasteiger partial charge in [0.1, 0.15) is 11.5 Å². The third-order valence-electron chi connectivity index (χ3n) is 6.25. The first kappa shape index (κ1) is 23.7. The predicted molar refractivity (Wildman–Crippen MR) is 140 cm³/mol. The number of methoxy groups -OCH3 is 1. The van der Waals surface area contributed by atoms with Gasteiger partial charge in [0.05, 0.1) is 34.5 Å². The summed E-state index contributed by atoms with van der Waals surface area (Å²) >= 11 is 1.31. The Morgan fingerprint density at radius 1 is 1.08 bits per heavy atom. The van der Waals surface area contributed by atoms with Crippen molar-refractivity contribution in [3.8, 4) is 5.75 Å². The molecule has 5 rings (SSSR count). The van der Waals surface area contributed by atoms with Gasteiger partial charge in [-0.05, 0) is 46.9 Å². The quantitative estimate of drug-likeness (QED) is 0.222. The summed E-state index contributed by atoms with van der Waals surface area (Å²) in [6.07, 6.45) is 3.20. The molecule has 0 radical (unpaired) electrons.